The van der Waals surface area contributed by atoms with Crippen LogP contribution in [0.15, 0.2) is 48.8 Å². The van der Waals surface area contributed by atoms with Crippen LogP contribution in [-0.4, -0.2) is 44.9 Å². The smallest absolute Gasteiger partial charge is 0.244 e. The zero-order chi connectivity index (χ0) is 16.7. The zero-order valence-corrected chi connectivity index (χ0v) is 14.1. The molecule has 1 aromatic heterocycles. The van der Waals surface area contributed by atoms with E-state index in [1.165, 1.54) is 6.08 Å². The van der Waals surface area contributed by atoms with Gasteiger partial charge < -0.3 is 10.4 Å². The van der Waals surface area contributed by atoms with Gasteiger partial charge in [-0.15, -0.1) is 0 Å². The SMILES string of the molecule is CSCC(C)(O)CNC(=O)C=Cc1cnn(-c2ccccc2)c1. The number of nitrogens with one attached hydrogen (secondary N) is 1. The Bertz CT molecular complexity index is 665. The summed E-state index contributed by atoms with van der Waals surface area (Å²) < 4.78 is 1.75. The van der Waals surface area contributed by atoms with Gasteiger partial charge in [0, 0.05) is 30.1 Å². The molecule has 2 N–H and O–H groups in total. The molecular weight excluding hydrogens is 310 g/mol. The molecule has 122 valence electrons. The largest absolute Gasteiger partial charge is 0.387 e. The summed E-state index contributed by atoms with van der Waals surface area (Å²) in [6, 6.07) is 9.76. The van der Waals surface area contributed by atoms with Gasteiger partial charge in [-0.25, -0.2) is 4.68 Å². The minimum atomic E-state index is -0.902. The molecule has 2 rings (SSSR count). The molecule has 0 saturated heterocycles. The van der Waals surface area contributed by atoms with Gasteiger partial charge in [-0.1, -0.05) is 18.2 Å². The Morgan fingerprint density at radius 3 is 2.87 bits per heavy atom. The van der Waals surface area contributed by atoms with Gasteiger partial charge in [0.2, 0.25) is 5.91 Å². The highest BCUT2D eigenvalue weighted by Crippen LogP contribution is 2.10. The lowest BCUT2D eigenvalue weighted by Gasteiger charge is -2.21. The Hall–Kier alpha value is -2.05. The van der Waals surface area contributed by atoms with Crippen molar-refractivity contribution >= 4 is 23.7 Å². The predicted octanol–water partition coefficient (Wildman–Crippen LogP) is 2.12. The van der Waals surface area contributed by atoms with Crippen molar-refractivity contribution in [3.05, 3.63) is 54.4 Å². The number of carbonyl (C=O) groups is 1. The lowest BCUT2D eigenvalue weighted by atomic mass is 10.1. The summed E-state index contributed by atoms with van der Waals surface area (Å²) in [6.45, 7) is 1.93. The summed E-state index contributed by atoms with van der Waals surface area (Å²) in [6.07, 6.45) is 8.61. The van der Waals surface area contributed by atoms with Gasteiger partial charge >= 0.3 is 0 Å². The number of aromatic nitrogens is 2. The molecule has 0 saturated carbocycles. The second kappa shape index (κ2) is 7.99. The normalized spacial score (nSPS) is 13.9. The number of thioether (sulfide) groups is 1. The Morgan fingerprint density at radius 1 is 1.43 bits per heavy atom. The van der Waals surface area contributed by atoms with Crippen LogP contribution in [0.4, 0.5) is 0 Å². The van der Waals surface area contributed by atoms with Crippen molar-refractivity contribution in [3.8, 4) is 5.69 Å². The summed E-state index contributed by atoms with van der Waals surface area (Å²) in [5.41, 5.74) is 0.894. The molecule has 1 heterocycles. The van der Waals surface area contributed by atoms with E-state index < -0.39 is 5.60 Å². The number of carbonyl (C=O) groups excluding carboxylic acids is 1. The van der Waals surface area contributed by atoms with Crippen LogP contribution >= 0.6 is 11.8 Å². The van der Waals surface area contributed by atoms with Crippen LogP contribution in [0.5, 0.6) is 0 Å². The van der Waals surface area contributed by atoms with Gasteiger partial charge in [0.05, 0.1) is 17.5 Å². The fourth-order valence-electron chi connectivity index (χ4n) is 2.02. The van der Waals surface area contributed by atoms with Crippen LogP contribution < -0.4 is 5.32 Å². The van der Waals surface area contributed by atoms with Crippen LogP contribution in [0, 0.1) is 0 Å². The molecule has 0 bridgehead atoms. The highest BCUT2D eigenvalue weighted by Gasteiger charge is 2.19. The molecule has 0 aliphatic rings. The topological polar surface area (TPSA) is 67.2 Å². The number of benzene rings is 1. The molecule has 0 spiro atoms. The van der Waals surface area contributed by atoms with E-state index in [-0.39, 0.29) is 12.5 Å². The van der Waals surface area contributed by atoms with Crippen molar-refractivity contribution in [1.29, 1.82) is 0 Å². The summed E-state index contributed by atoms with van der Waals surface area (Å²) in [7, 11) is 0. The fraction of sp³-hybridized carbons (Fsp3) is 0.294. The van der Waals surface area contributed by atoms with E-state index >= 15 is 0 Å². The van der Waals surface area contributed by atoms with Crippen LogP contribution in [-0.2, 0) is 4.79 Å². The van der Waals surface area contributed by atoms with Crippen molar-refractivity contribution in [2.75, 3.05) is 18.6 Å². The number of amides is 1. The fourth-order valence-corrected chi connectivity index (χ4v) is 2.74. The lowest BCUT2D eigenvalue weighted by molar-refractivity contribution is -0.117. The maximum absolute atomic E-state index is 11.8. The van der Waals surface area contributed by atoms with Crippen molar-refractivity contribution in [1.82, 2.24) is 15.1 Å². The number of aliphatic hydroxyl groups is 1. The minimum absolute atomic E-state index is 0.223. The Morgan fingerprint density at radius 2 is 2.17 bits per heavy atom. The maximum atomic E-state index is 11.8. The van der Waals surface area contributed by atoms with E-state index in [0.29, 0.717) is 5.75 Å². The van der Waals surface area contributed by atoms with Crippen LogP contribution in [0.2, 0.25) is 0 Å². The quantitative estimate of drug-likeness (QED) is 0.763. The molecule has 2 aromatic rings. The second-order valence-electron chi connectivity index (χ2n) is 5.53. The summed E-state index contributed by atoms with van der Waals surface area (Å²) in [5, 5.41) is 17.0. The Balaban J connectivity index is 1.91. The Labute approximate surface area is 140 Å². The van der Waals surface area contributed by atoms with Gasteiger partial charge in [0.25, 0.3) is 0 Å². The molecule has 0 fully saturated rings. The van der Waals surface area contributed by atoms with Crippen molar-refractivity contribution in [2.24, 2.45) is 0 Å². The molecule has 6 heteroatoms. The van der Waals surface area contributed by atoms with Crippen molar-refractivity contribution < 1.29 is 9.90 Å². The van der Waals surface area contributed by atoms with Crippen LogP contribution in [0.25, 0.3) is 11.8 Å². The first-order chi connectivity index (χ1) is 11.0. The summed E-state index contributed by atoms with van der Waals surface area (Å²) >= 11 is 1.54. The molecule has 1 atom stereocenters. The second-order valence-corrected chi connectivity index (χ2v) is 6.40. The zero-order valence-electron chi connectivity index (χ0n) is 13.3. The predicted molar refractivity (Wildman–Crippen MR) is 94.6 cm³/mol. The molecule has 23 heavy (non-hydrogen) atoms. The number of para-hydroxylation sites is 1. The summed E-state index contributed by atoms with van der Waals surface area (Å²) in [4.78, 5) is 11.8. The third-order valence-electron chi connectivity index (χ3n) is 3.15. The van der Waals surface area contributed by atoms with Crippen molar-refractivity contribution in [2.45, 2.75) is 12.5 Å². The van der Waals surface area contributed by atoms with Crippen LogP contribution in [0.3, 0.4) is 0 Å². The van der Waals surface area contributed by atoms with E-state index in [9.17, 15) is 9.90 Å². The minimum Gasteiger partial charge on any atom is -0.387 e. The monoisotopic (exact) mass is 331 g/mol. The molecule has 0 aliphatic heterocycles. The third-order valence-corrected chi connectivity index (χ3v) is 4.06. The highest BCUT2D eigenvalue weighted by atomic mass is 32.2. The summed E-state index contributed by atoms with van der Waals surface area (Å²) in [5.74, 6) is 0.333. The number of nitrogens with zero attached hydrogens (tertiary/aromatic N) is 2. The van der Waals surface area contributed by atoms with Gasteiger partial charge in [0.1, 0.15) is 0 Å². The van der Waals surface area contributed by atoms with E-state index in [2.05, 4.69) is 10.4 Å². The van der Waals surface area contributed by atoms with Crippen molar-refractivity contribution in [3.63, 3.8) is 0 Å². The first-order valence-corrected chi connectivity index (χ1v) is 8.67. The first-order valence-electron chi connectivity index (χ1n) is 7.27. The van der Waals surface area contributed by atoms with Gasteiger partial charge in [-0.05, 0) is 31.4 Å². The third kappa shape index (κ3) is 5.58. The molecule has 0 aliphatic carbocycles. The Kier molecular flexibility index (Phi) is 6.01. The molecule has 1 aromatic carbocycles. The molecule has 0 radical (unpaired) electrons. The molecule has 1 unspecified atom stereocenters. The number of rotatable bonds is 7. The average Bonchev–Trinajstić information content (AvgIpc) is 3.01. The number of hydrogen-bond acceptors (Lipinski definition) is 4. The van der Waals surface area contributed by atoms with E-state index in [4.69, 9.17) is 0 Å². The van der Waals surface area contributed by atoms with Gasteiger partial charge in [-0.3, -0.25) is 4.79 Å². The van der Waals surface area contributed by atoms with Gasteiger partial charge in [-0.2, -0.15) is 16.9 Å². The van der Waals surface area contributed by atoms with E-state index in [0.717, 1.165) is 11.3 Å². The standard InChI is InChI=1S/C17H21N3O2S/c1-17(22,13-23-2)12-18-16(21)9-8-14-10-19-20(11-14)15-6-4-3-5-7-15/h3-11,22H,12-13H2,1-2H3,(H,18,21). The highest BCUT2D eigenvalue weighted by molar-refractivity contribution is 7.98. The van der Waals surface area contributed by atoms with Crippen LogP contribution in [0.1, 0.15) is 12.5 Å². The molecule has 1 amide bonds. The average molecular weight is 331 g/mol. The molecule has 5 nitrogen and oxygen atoms in total. The van der Waals surface area contributed by atoms with E-state index in [1.807, 2.05) is 42.8 Å². The first kappa shape index (κ1) is 17.3. The maximum Gasteiger partial charge on any atom is 0.244 e. The lowest BCUT2D eigenvalue weighted by Crippen LogP contribution is -2.41. The van der Waals surface area contributed by atoms with Gasteiger partial charge in [0.15, 0.2) is 0 Å². The number of hydrogen-bond donors (Lipinski definition) is 2. The van der Waals surface area contributed by atoms with E-state index in [1.54, 1.807) is 35.6 Å². The molecular formula is C17H21N3O2S.